The van der Waals surface area contributed by atoms with Crippen LogP contribution in [0, 0.1) is 0 Å². The van der Waals surface area contributed by atoms with E-state index >= 15 is 0 Å². The third kappa shape index (κ3) is 43.8. The predicted octanol–water partition coefficient (Wildman–Crippen LogP) is 16.2. The number of carboxylic acid groups (broad SMARTS) is 1. The number of hydrogen-bond donors (Lipinski definition) is 3. The van der Waals surface area contributed by atoms with Gasteiger partial charge < -0.3 is 39.0 Å². The molecule has 6 atom stereocenters. The Morgan fingerprint density at radius 2 is 0.797 bits per heavy atom. The first-order valence-electron chi connectivity index (χ1n) is 30.9. The Balaban J connectivity index is 2.69. The second-order valence-corrected chi connectivity index (χ2v) is 20.6. The number of carbonyl (C=O) groups is 4. The van der Waals surface area contributed by atoms with Crippen molar-refractivity contribution in [2.24, 2.45) is 0 Å². The lowest BCUT2D eigenvalue weighted by molar-refractivity contribution is -0.301. The summed E-state index contributed by atoms with van der Waals surface area (Å²) >= 11 is 0. The fourth-order valence-corrected chi connectivity index (χ4v) is 8.64. The summed E-state index contributed by atoms with van der Waals surface area (Å²) in [5, 5.41) is 31.5. The topological polar surface area (TPSA) is 175 Å². The molecule has 1 aliphatic rings. The maximum absolute atomic E-state index is 13.1. The van der Waals surface area contributed by atoms with E-state index in [0.29, 0.717) is 19.3 Å². The normalized spacial score (nSPS) is 18.6. The zero-order valence-electron chi connectivity index (χ0n) is 49.3. The lowest BCUT2D eigenvalue weighted by Gasteiger charge is -2.40. The first kappa shape index (κ1) is 72.4. The molecule has 1 saturated heterocycles. The van der Waals surface area contributed by atoms with Crippen LogP contribution in [0.15, 0.2) is 109 Å². The van der Waals surface area contributed by atoms with Crippen molar-refractivity contribution < 1.29 is 58.2 Å². The Morgan fingerprint density at radius 1 is 0.430 bits per heavy atom. The molecule has 12 heteroatoms. The molecule has 0 saturated carbocycles. The van der Waals surface area contributed by atoms with Gasteiger partial charge in [0.25, 0.3) is 0 Å². The lowest BCUT2D eigenvalue weighted by Crippen LogP contribution is -2.61. The van der Waals surface area contributed by atoms with E-state index in [1.807, 2.05) is 0 Å². The standard InChI is InChI=1S/C67H108O12/c1-4-7-10-13-16-19-22-25-27-29-30-32-33-36-38-41-44-47-50-53-59(68)75-56-58(77-60(69)54-51-48-45-42-39-35-24-21-18-15-12-9-6-3)57-76-67-65(63(72)62(71)64(79-67)66(73)74)78-61(70)55-52-49-46-43-40-37-34-31-28-26-23-20-17-14-11-8-5-2/h7,9-10,12,16-21,25-28,30,32,35,39,58,62-65,67,71-72H,4-6,8,11,13-15,22-24,29,31,33-34,36-38,40-57H2,1-3H3,(H,73,74)/b10-7-,12-9-,19-16-,20-17-,21-18-,27-25-,28-26-,32-30-,39-35-. The van der Waals surface area contributed by atoms with Crippen LogP contribution in [0.2, 0.25) is 0 Å². The van der Waals surface area contributed by atoms with E-state index in [2.05, 4.69) is 130 Å². The van der Waals surface area contributed by atoms with Crippen molar-refractivity contribution in [1.29, 1.82) is 0 Å². The molecule has 3 N–H and O–H groups in total. The Kier molecular flexibility index (Phi) is 49.5. The van der Waals surface area contributed by atoms with Crippen LogP contribution in [0.4, 0.5) is 0 Å². The molecule has 0 spiro atoms. The summed E-state index contributed by atoms with van der Waals surface area (Å²) in [6.45, 7) is 5.70. The van der Waals surface area contributed by atoms with Gasteiger partial charge in [-0.3, -0.25) is 14.4 Å². The molecule has 0 aliphatic carbocycles. The molecule has 79 heavy (non-hydrogen) atoms. The monoisotopic (exact) mass is 1100 g/mol. The Hall–Kier alpha value is -4.62. The highest BCUT2D eigenvalue weighted by Gasteiger charge is 2.50. The summed E-state index contributed by atoms with van der Waals surface area (Å²) in [4.78, 5) is 51.2. The van der Waals surface area contributed by atoms with E-state index in [4.69, 9.17) is 23.7 Å². The summed E-state index contributed by atoms with van der Waals surface area (Å²) in [6, 6.07) is 0. The number of aliphatic carboxylic acids is 1. The minimum atomic E-state index is -1.92. The molecular weight excluding hydrogens is 997 g/mol. The molecular formula is C67H108O12. The SMILES string of the molecule is CC/C=C\C/C=C\C/C=C\C/C=C\CCCCCCCCC(=O)OCC(COC1OC(C(=O)O)C(O)C(O)C1OC(=O)CCCCCCCCC/C=C\C/C=C\CCCCC)OC(=O)CCCCC/C=C\C/C=C\C/C=C\CC. The van der Waals surface area contributed by atoms with Gasteiger partial charge in [-0.05, 0) is 122 Å². The van der Waals surface area contributed by atoms with Gasteiger partial charge in [0.2, 0.25) is 0 Å². The molecule has 1 aliphatic heterocycles. The summed E-state index contributed by atoms with van der Waals surface area (Å²) in [6.07, 6.45) is 60.5. The van der Waals surface area contributed by atoms with Crippen molar-refractivity contribution in [2.45, 2.75) is 276 Å². The van der Waals surface area contributed by atoms with Crippen LogP contribution in [-0.2, 0) is 42.9 Å². The van der Waals surface area contributed by atoms with Crippen LogP contribution < -0.4 is 0 Å². The number of ether oxygens (including phenoxy) is 5. The number of allylic oxidation sites excluding steroid dienone is 18. The number of unbranched alkanes of at least 4 members (excludes halogenated alkanes) is 19. The van der Waals surface area contributed by atoms with Gasteiger partial charge in [-0.15, -0.1) is 0 Å². The van der Waals surface area contributed by atoms with Gasteiger partial charge in [0.05, 0.1) is 6.61 Å². The summed E-state index contributed by atoms with van der Waals surface area (Å²) < 4.78 is 28.4. The van der Waals surface area contributed by atoms with Crippen molar-refractivity contribution >= 4 is 23.9 Å². The second kappa shape index (κ2) is 54.0. The van der Waals surface area contributed by atoms with Gasteiger partial charge in [0.1, 0.15) is 18.8 Å². The Morgan fingerprint density at radius 3 is 1.23 bits per heavy atom. The Bertz CT molecular complexity index is 1790. The van der Waals surface area contributed by atoms with E-state index in [1.165, 1.54) is 19.3 Å². The van der Waals surface area contributed by atoms with E-state index in [0.717, 1.165) is 161 Å². The van der Waals surface area contributed by atoms with Crippen molar-refractivity contribution in [1.82, 2.24) is 0 Å². The average molecular weight is 1110 g/mol. The van der Waals surface area contributed by atoms with Gasteiger partial charge in [0.15, 0.2) is 24.6 Å². The smallest absolute Gasteiger partial charge is 0.335 e. The molecule has 0 aromatic rings. The van der Waals surface area contributed by atoms with Crippen molar-refractivity contribution in [3.8, 4) is 0 Å². The highest BCUT2D eigenvalue weighted by atomic mass is 16.7. The minimum Gasteiger partial charge on any atom is -0.479 e. The van der Waals surface area contributed by atoms with Crippen molar-refractivity contribution in [3.05, 3.63) is 109 Å². The lowest BCUT2D eigenvalue weighted by atomic mass is 9.98. The minimum absolute atomic E-state index is 0.0416. The van der Waals surface area contributed by atoms with E-state index in [-0.39, 0.29) is 25.9 Å². The van der Waals surface area contributed by atoms with Gasteiger partial charge in [-0.2, -0.15) is 0 Å². The highest BCUT2D eigenvalue weighted by molar-refractivity contribution is 5.74. The van der Waals surface area contributed by atoms with E-state index < -0.39 is 67.3 Å². The van der Waals surface area contributed by atoms with Crippen LogP contribution in [-0.4, -0.2) is 89.2 Å². The third-order valence-corrected chi connectivity index (χ3v) is 13.3. The molecule has 12 nitrogen and oxygen atoms in total. The van der Waals surface area contributed by atoms with Gasteiger partial charge in [-0.25, -0.2) is 4.79 Å². The van der Waals surface area contributed by atoms with Crippen LogP contribution in [0.3, 0.4) is 0 Å². The largest absolute Gasteiger partial charge is 0.479 e. The van der Waals surface area contributed by atoms with E-state index in [1.54, 1.807) is 0 Å². The van der Waals surface area contributed by atoms with Crippen LogP contribution in [0.5, 0.6) is 0 Å². The summed E-state index contributed by atoms with van der Waals surface area (Å²) in [5.74, 6) is -3.20. The number of carbonyl (C=O) groups excluding carboxylic acids is 3. The number of aliphatic hydroxyl groups is 2. The molecule has 0 aromatic carbocycles. The molecule has 0 amide bonds. The number of esters is 3. The molecule has 0 aromatic heterocycles. The molecule has 1 rings (SSSR count). The number of aliphatic hydroxyl groups excluding tert-OH is 2. The zero-order valence-corrected chi connectivity index (χ0v) is 49.3. The third-order valence-electron chi connectivity index (χ3n) is 13.3. The highest BCUT2D eigenvalue weighted by Crippen LogP contribution is 2.26. The first-order valence-corrected chi connectivity index (χ1v) is 30.9. The molecule has 1 heterocycles. The number of hydrogen-bond acceptors (Lipinski definition) is 11. The van der Waals surface area contributed by atoms with Crippen LogP contribution >= 0.6 is 0 Å². The summed E-state index contributed by atoms with van der Waals surface area (Å²) in [7, 11) is 0. The van der Waals surface area contributed by atoms with Gasteiger partial charge >= 0.3 is 23.9 Å². The quantitative estimate of drug-likeness (QED) is 0.0228. The first-order chi connectivity index (χ1) is 38.6. The molecule has 0 radical (unpaired) electrons. The number of carboxylic acids is 1. The Labute approximate surface area is 478 Å². The number of rotatable bonds is 51. The van der Waals surface area contributed by atoms with Crippen molar-refractivity contribution in [3.63, 3.8) is 0 Å². The predicted molar refractivity (Wildman–Crippen MR) is 321 cm³/mol. The summed E-state index contributed by atoms with van der Waals surface area (Å²) in [5.41, 5.74) is 0. The fraction of sp³-hybridized carbons (Fsp3) is 0.672. The van der Waals surface area contributed by atoms with Crippen LogP contribution in [0.1, 0.15) is 239 Å². The molecule has 1 fully saturated rings. The van der Waals surface area contributed by atoms with Gasteiger partial charge in [-0.1, -0.05) is 207 Å². The second-order valence-electron chi connectivity index (χ2n) is 20.6. The van der Waals surface area contributed by atoms with Crippen LogP contribution in [0.25, 0.3) is 0 Å². The van der Waals surface area contributed by atoms with Gasteiger partial charge in [0, 0.05) is 19.3 Å². The van der Waals surface area contributed by atoms with E-state index in [9.17, 15) is 34.5 Å². The van der Waals surface area contributed by atoms with Crippen molar-refractivity contribution in [2.75, 3.05) is 13.2 Å². The molecule has 6 unspecified atom stereocenters. The maximum Gasteiger partial charge on any atom is 0.335 e. The average Bonchev–Trinajstić information content (AvgIpc) is 3.47. The maximum atomic E-state index is 13.1. The molecule has 448 valence electrons. The zero-order chi connectivity index (χ0) is 57.5. The molecule has 0 bridgehead atoms. The fourth-order valence-electron chi connectivity index (χ4n) is 8.64.